The number of ether oxygens (including phenoxy) is 1. The van der Waals surface area contributed by atoms with Gasteiger partial charge in [-0.05, 0) is 87.2 Å². The molecule has 1 N–H and O–H groups in total. The van der Waals surface area contributed by atoms with Crippen LogP contribution in [0.3, 0.4) is 0 Å². The van der Waals surface area contributed by atoms with E-state index in [4.69, 9.17) is 39.5 Å². The standard InChI is InChI=1S/C29H36Cl3N3O3/c1-21(38-25-10-8-23(30)9-11-25)29(37)34(2)24-14-18-35(19-15-24)17-5-3-4-16-33-28(36)13-7-22-6-12-26(31)27(32)20-22/h6-13,20-21,24H,3-5,14-19H2,1-2H3,(H,33,36)/b13-7+. The normalized spacial score (nSPS) is 15.4. The molecule has 1 heterocycles. The number of carbonyl (C=O) groups excluding carboxylic acids is 2. The zero-order valence-corrected chi connectivity index (χ0v) is 24.2. The topological polar surface area (TPSA) is 61.9 Å². The van der Waals surface area contributed by atoms with Gasteiger partial charge in [0.2, 0.25) is 5.91 Å². The number of carbonyl (C=O) groups is 2. The molecule has 0 aliphatic carbocycles. The van der Waals surface area contributed by atoms with Crippen LogP contribution in [-0.2, 0) is 9.59 Å². The van der Waals surface area contributed by atoms with Crippen LogP contribution in [0.15, 0.2) is 48.5 Å². The minimum absolute atomic E-state index is 0.00717. The summed E-state index contributed by atoms with van der Waals surface area (Å²) in [5, 5.41) is 4.51. The number of rotatable bonds is 12. The monoisotopic (exact) mass is 579 g/mol. The van der Waals surface area contributed by atoms with E-state index in [1.165, 1.54) is 6.08 Å². The molecule has 1 fully saturated rings. The summed E-state index contributed by atoms with van der Waals surface area (Å²) in [5.41, 5.74) is 0.828. The van der Waals surface area contributed by atoms with E-state index < -0.39 is 6.10 Å². The summed E-state index contributed by atoms with van der Waals surface area (Å²) in [6.45, 7) is 5.42. The van der Waals surface area contributed by atoms with Gasteiger partial charge in [0.1, 0.15) is 5.75 Å². The first kappa shape index (κ1) is 30.3. The van der Waals surface area contributed by atoms with Crippen molar-refractivity contribution in [3.63, 3.8) is 0 Å². The van der Waals surface area contributed by atoms with Crippen LogP contribution in [0.25, 0.3) is 6.08 Å². The highest BCUT2D eigenvalue weighted by Crippen LogP contribution is 2.23. The van der Waals surface area contributed by atoms with E-state index in [1.54, 1.807) is 49.4 Å². The quantitative estimate of drug-likeness (QED) is 0.235. The van der Waals surface area contributed by atoms with E-state index in [9.17, 15) is 9.59 Å². The van der Waals surface area contributed by atoms with Crippen molar-refractivity contribution < 1.29 is 14.3 Å². The summed E-state index contributed by atoms with van der Waals surface area (Å²) >= 11 is 17.8. The van der Waals surface area contributed by atoms with E-state index in [2.05, 4.69) is 10.2 Å². The van der Waals surface area contributed by atoms with Crippen LogP contribution in [0, 0.1) is 0 Å². The number of hydrogen-bond donors (Lipinski definition) is 1. The van der Waals surface area contributed by atoms with Gasteiger partial charge in [0.25, 0.3) is 5.91 Å². The van der Waals surface area contributed by atoms with Gasteiger partial charge in [-0.2, -0.15) is 0 Å². The summed E-state index contributed by atoms with van der Waals surface area (Å²) in [4.78, 5) is 29.2. The maximum Gasteiger partial charge on any atom is 0.263 e. The molecule has 1 saturated heterocycles. The second kappa shape index (κ2) is 15.4. The molecule has 0 spiro atoms. The molecule has 9 heteroatoms. The fourth-order valence-electron chi connectivity index (χ4n) is 4.46. The summed E-state index contributed by atoms with van der Waals surface area (Å²) in [6, 6.07) is 12.5. The summed E-state index contributed by atoms with van der Waals surface area (Å²) in [7, 11) is 1.87. The highest BCUT2D eigenvalue weighted by Gasteiger charge is 2.28. The number of likely N-dealkylation sites (N-methyl/N-ethyl adjacent to an activating group) is 1. The first-order chi connectivity index (χ1) is 18.2. The van der Waals surface area contributed by atoms with E-state index in [1.807, 2.05) is 18.0 Å². The Hall–Kier alpha value is -2.25. The molecule has 2 aromatic rings. The third-order valence-electron chi connectivity index (χ3n) is 6.75. The molecule has 38 heavy (non-hydrogen) atoms. The molecule has 1 unspecified atom stereocenters. The number of likely N-dealkylation sites (tertiary alicyclic amines) is 1. The average Bonchev–Trinajstić information content (AvgIpc) is 2.92. The third-order valence-corrected chi connectivity index (χ3v) is 7.74. The fraction of sp³-hybridized carbons (Fsp3) is 0.448. The molecule has 2 aromatic carbocycles. The van der Waals surface area contributed by atoms with Crippen LogP contribution in [0.4, 0.5) is 0 Å². The highest BCUT2D eigenvalue weighted by atomic mass is 35.5. The Morgan fingerprint density at radius 2 is 1.76 bits per heavy atom. The van der Waals surface area contributed by atoms with Gasteiger partial charge >= 0.3 is 0 Å². The van der Waals surface area contributed by atoms with Gasteiger partial charge in [0.05, 0.1) is 10.0 Å². The van der Waals surface area contributed by atoms with Crippen LogP contribution >= 0.6 is 34.8 Å². The van der Waals surface area contributed by atoms with Crippen molar-refractivity contribution in [2.24, 2.45) is 0 Å². The molecule has 0 aromatic heterocycles. The predicted molar refractivity (Wildman–Crippen MR) is 156 cm³/mol. The lowest BCUT2D eigenvalue weighted by molar-refractivity contribution is -0.139. The Morgan fingerprint density at radius 1 is 1.05 bits per heavy atom. The maximum atomic E-state index is 12.9. The Bertz CT molecular complexity index is 1090. The molecule has 3 rings (SSSR count). The molecule has 0 radical (unpaired) electrons. The molecular formula is C29H36Cl3N3O3. The van der Waals surface area contributed by atoms with Gasteiger partial charge in [-0.1, -0.05) is 47.3 Å². The van der Waals surface area contributed by atoms with Crippen molar-refractivity contribution in [2.45, 2.75) is 51.2 Å². The summed E-state index contributed by atoms with van der Waals surface area (Å²) in [6.07, 6.45) is 7.66. The molecule has 1 atom stereocenters. The van der Waals surface area contributed by atoms with Gasteiger partial charge < -0.3 is 19.9 Å². The average molecular weight is 581 g/mol. The van der Waals surface area contributed by atoms with Crippen LogP contribution < -0.4 is 10.1 Å². The third kappa shape index (κ3) is 9.81. The summed E-state index contributed by atoms with van der Waals surface area (Å²) < 4.78 is 5.81. The van der Waals surface area contributed by atoms with Crippen LogP contribution in [0.2, 0.25) is 15.1 Å². The predicted octanol–water partition coefficient (Wildman–Crippen LogP) is 6.34. The molecule has 0 bridgehead atoms. The van der Waals surface area contributed by atoms with Gasteiger partial charge in [-0.15, -0.1) is 0 Å². The second-order valence-corrected chi connectivity index (χ2v) is 10.8. The number of nitrogens with one attached hydrogen (secondary N) is 1. The lowest BCUT2D eigenvalue weighted by Gasteiger charge is -2.37. The maximum absolute atomic E-state index is 12.9. The Labute approximate surface area is 240 Å². The van der Waals surface area contributed by atoms with Crippen LogP contribution in [-0.4, -0.2) is 67.0 Å². The fourth-order valence-corrected chi connectivity index (χ4v) is 4.89. The molecule has 206 valence electrons. The smallest absolute Gasteiger partial charge is 0.263 e. The van der Waals surface area contributed by atoms with Gasteiger partial charge in [0, 0.05) is 43.8 Å². The van der Waals surface area contributed by atoms with Crippen molar-refractivity contribution >= 4 is 52.7 Å². The minimum Gasteiger partial charge on any atom is -0.481 e. The second-order valence-electron chi connectivity index (χ2n) is 9.59. The van der Waals surface area contributed by atoms with Crippen molar-refractivity contribution in [1.82, 2.24) is 15.1 Å². The van der Waals surface area contributed by atoms with Crippen LogP contribution in [0.5, 0.6) is 5.75 Å². The summed E-state index contributed by atoms with van der Waals surface area (Å²) in [5.74, 6) is 0.509. The van der Waals surface area contributed by atoms with E-state index in [-0.39, 0.29) is 17.9 Å². The Morgan fingerprint density at radius 3 is 2.45 bits per heavy atom. The van der Waals surface area contributed by atoms with Crippen LogP contribution in [0.1, 0.15) is 44.6 Å². The number of hydrogen-bond acceptors (Lipinski definition) is 4. The van der Waals surface area contributed by atoms with Gasteiger partial charge in [-0.3, -0.25) is 9.59 Å². The number of unbranched alkanes of at least 4 members (excludes halogenated alkanes) is 2. The number of halogens is 3. The largest absolute Gasteiger partial charge is 0.481 e. The zero-order chi connectivity index (χ0) is 27.5. The number of piperidine rings is 1. The van der Waals surface area contributed by atoms with Gasteiger partial charge in [0.15, 0.2) is 6.10 Å². The molecule has 0 saturated carbocycles. The SMILES string of the molecule is CC(Oc1ccc(Cl)cc1)C(=O)N(C)C1CCN(CCCCCNC(=O)/C=C/c2ccc(Cl)c(Cl)c2)CC1. The van der Waals surface area contributed by atoms with Crippen molar-refractivity contribution in [2.75, 3.05) is 33.2 Å². The van der Waals surface area contributed by atoms with Crippen molar-refractivity contribution in [1.29, 1.82) is 0 Å². The van der Waals surface area contributed by atoms with E-state index >= 15 is 0 Å². The first-order valence-electron chi connectivity index (χ1n) is 13.0. The zero-order valence-electron chi connectivity index (χ0n) is 22.0. The molecule has 2 amide bonds. The van der Waals surface area contributed by atoms with Crippen molar-refractivity contribution in [3.05, 3.63) is 69.2 Å². The number of nitrogens with zero attached hydrogens (tertiary/aromatic N) is 2. The molecular weight excluding hydrogens is 545 g/mol. The van der Waals surface area contributed by atoms with Crippen molar-refractivity contribution in [3.8, 4) is 5.75 Å². The highest BCUT2D eigenvalue weighted by molar-refractivity contribution is 6.42. The molecule has 6 nitrogen and oxygen atoms in total. The number of amides is 2. The number of benzene rings is 2. The molecule has 1 aliphatic heterocycles. The minimum atomic E-state index is -0.550. The molecule has 1 aliphatic rings. The van der Waals surface area contributed by atoms with Gasteiger partial charge in [-0.25, -0.2) is 0 Å². The van der Waals surface area contributed by atoms with E-state index in [0.29, 0.717) is 27.4 Å². The Kier molecular flexibility index (Phi) is 12.3. The first-order valence-corrected chi connectivity index (χ1v) is 14.2. The Balaban J connectivity index is 1.26. The lowest BCUT2D eigenvalue weighted by atomic mass is 10.0. The van der Waals surface area contributed by atoms with E-state index in [0.717, 1.165) is 57.3 Å². The lowest BCUT2D eigenvalue weighted by Crippen LogP contribution is -2.49.